The summed E-state index contributed by atoms with van der Waals surface area (Å²) in [6, 6.07) is 5.76. The summed E-state index contributed by atoms with van der Waals surface area (Å²) in [7, 11) is 0. The topological polar surface area (TPSA) is 41.6 Å². The van der Waals surface area contributed by atoms with E-state index in [1.165, 1.54) is 18.2 Å². The average molecular weight is 286 g/mol. The molecule has 0 unspecified atom stereocenters. The molecule has 0 radical (unpaired) electrons. The first-order chi connectivity index (χ1) is 9.56. The highest BCUT2D eigenvalue weighted by Gasteiger charge is 2.09. The van der Waals surface area contributed by atoms with E-state index in [0.29, 0.717) is 12.1 Å². The summed E-state index contributed by atoms with van der Waals surface area (Å²) < 4.78 is 28.4. The minimum absolute atomic E-state index is 0.0172. The lowest BCUT2D eigenvalue weighted by Crippen LogP contribution is -2.34. The Morgan fingerprint density at radius 3 is 2.65 bits per heavy atom. The molecule has 0 spiro atoms. The molecule has 0 aliphatic carbocycles. The van der Waals surface area contributed by atoms with E-state index < -0.39 is 6.61 Å². The van der Waals surface area contributed by atoms with Gasteiger partial charge in [-0.1, -0.05) is 19.9 Å². The maximum atomic E-state index is 12.1. The van der Waals surface area contributed by atoms with Crippen molar-refractivity contribution in [1.82, 2.24) is 10.2 Å². The van der Waals surface area contributed by atoms with Crippen LogP contribution < -0.4 is 10.1 Å². The van der Waals surface area contributed by atoms with Crippen molar-refractivity contribution in [3.8, 4) is 5.75 Å². The molecule has 1 N–H and O–H groups in total. The molecular weight excluding hydrogens is 266 g/mol. The number of hydrogen-bond donors (Lipinski definition) is 1. The quantitative estimate of drug-likeness (QED) is 0.797. The van der Waals surface area contributed by atoms with Crippen molar-refractivity contribution in [2.45, 2.75) is 20.5 Å². The van der Waals surface area contributed by atoms with Crippen molar-refractivity contribution in [3.05, 3.63) is 29.8 Å². The number of amides is 1. The van der Waals surface area contributed by atoms with Crippen molar-refractivity contribution >= 4 is 5.91 Å². The molecule has 112 valence electrons. The van der Waals surface area contributed by atoms with E-state index in [9.17, 15) is 13.6 Å². The number of halogens is 2. The lowest BCUT2D eigenvalue weighted by molar-refractivity contribution is -0.0498. The van der Waals surface area contributed by atoms with Gasteiger partial charge in [-0.2, -0.15) is 8.78 Å². The maximum Gasteiger partial charge on any atom is 0.387 e. The number of ether oxygens (including phenoxy) is 1. The van der Waals surface area contributed by atoms with Crippen LogP contribution in [0.5, 0.6) is 5.75 Å². The van der Waals surface area contributed by atoms with Gasteiger partial charge in [0.05, 0.1) is 0 Å². The van der Waals surface area contributed by atoms with Crippen molar-refractivity contribution in [1.29, 1.82) is 0 Å². The third kappa shape index (κ3) is 5.52. The fourth-order valence-corrected chi connectivity index (χ4v) is 1.78. The molecule has 1 aromatic carbocycles. The maximum absolute atomic E-state index is 12.1. The predicted octanol–water partition coefficient (Wildman–Crippen LogP) is 2.36. The van der Waals surface area contributed by atoms with Gasteiger partial charge in [0.1, 0.15) is 5.75 Å². The lowest BCUT2D eigenvalue weighted by Gasteiger charge is -2.18. The average Bonchev–Trinajstić information content (AvgIpc) is 2.43. The molecule has 6 heteroatoms. The molecule has 0 saturated carbocycles. The van der Waals surface area contributed by atoms with Gasteiger partial charge >= 0.3 is 6.61 Å². The Morgan fingerprint density at radius 1 is 1.35 bits per heavy atom. The highest BCUT2D eigenvalue weighted by molar-refractivity contribution is 5.94. The molecule has 0 aliphatic rings. The Kier molecular flexibility index (Phi) is 6.93. The molecule has 0 heterocycles. The lowest BCUT2D eigenvalue weighted by atomic mass is 10.2. The van der Waals surface area contributed by atoms with Gasteiger partial charge in [-0.05, 0) is 31.3 Å². The predicted molar refractivity (Wildman–Crippen MR) is 73.2 cm³/mol. The Morgan fingerprint density at radius 2 is 2.05 bits per heavy atom. The molecule has 1 amide bonds. The zero-order chi connectivity index (χ0) is 15.0. The zero-order valence-corrected chi connectivity index (χ0v) is 11.7. The van der Waals surface area contributed by atoms with Crippen LogP contribution in [0.1, 0.15) is 24.2 Å². The Balaban J connectivity index is 2.50. The van der Waals surface area contributed by atoms with Gasteiger partial charge in [-0.15, -0.1) is 0 Å². The third-order valence-electron chi connectivity index (χ3n) is 2.93. The van der Waals surface area contributed by atoms with Crippen LogP contribution in [0, 0.1) is 0 Å². The Bertz CT molecular complexity index is 423. The van der Waals surface area contributed by atoms with E-state index in [-0.39, 0.29) is 11.7 Å². The number of hydrogen-bond acceptors (Lipinski definition) is 3. The summed E-state index contributed by atoms with van der Waals surface area (Å²) >= 11 is 0. The fourth-order valence-electron chi connectivity index (χ4n) is 1.78. The van der Waals surface area contributed by atoms with Crippen LogP contribution >= 0.6 is 0 Å². The van der Waals surface area contributed by atoms with Gasteiger partial charge in [-0.25, -0.2) is 0 Å². The van der Waals surface area contributed by atoms with Crippen molar-refractivity contribution in [2.24, 2.45) is 0 Å². The summed E-state index contributed by atoms with van der Waals surface area (Å²) in [5, 5.41) is 2.75. The number of benzene rings is 1. The third-order valence-corrected chi connectivity index (χ3v) is 2.93. The number of likely N-dealkylation sites (N-methyl/N-ethyl adjacent to an activating group) is 1. The van der Waals surface area contributed by atoms with Crippen molar-refractivity contribution in [3.63, 3.8) is 0 Å². The van der Waals surface area contributed by atoms with E-state index in [1.54, 1.807) is 6.07 Å². The smallest absolute Gasteiger partial charge is 0.387 e. The van der Waals surface area contributed by atoms with Gasteiger partial charge in [0.15, 0.2) is 0 Å². The number of nitrogens with one attached hydrogen (secondary N) is 1. The fraction of sp³-hybridized carbons (Fsp3) is 0.500. The molecule has 0 aromatic heterocycles. The number of rotatable bonds is 8. The second-order valence-corrected chi connectivity index (χ2v) is 4.19. The summed E-state index contributed by atoms with van der Waals surface area (Å²) in [6.45, 7) is 4.32. The number of nitrogens with zero attached hydrogens (tertiary/aromatic N) is 1. The van der Waals surface area contributed by atoms with Crippen LogP contribution in [-0.2, 0) is 0 Å². The van der Waals surface area contributed by atoms with Crippen molar-refractivity contribution < 1.29 is 18.3 Å². The molecule has 0 atom stereocenters. The first-order valence-electron chi connectivity index (χ1n) is 6.62. The van der Waals surface area contributed by atoms with Crippen LogP contribution in [0.2, 0.25) is 0 Å². The van der Waals surface area contributed by atoms with E-state index >= 15 is 0 Å². The summed E-state index contributed by atoms with van der Waals surface area (Å²) in [5.41, 5.74) is 0.308. The van der Waals surface area contributed by atoms with Crippen LogP contribution in [0.3, 0.4) is 0 Å². The molecule has 0 saturated heterocycles. The monoisotopic (exact) mass is 286 g/mol. The van der Waals surface area contributed by atoms with Crippen LogP contribution in [0.25, 0.3) is 0 Å². The Labute approximate surface area is 117 Å². The summed E-state index contributed by atoms with van der Waals surface area (Å²) in [5.74, 6) is -0.312. The molecule has 0 bridgehead atoms. The van der Waals surface area contributed by atoms with Crippen LogP contribution in [0.4, 0.5) is 8.78 Å². The molecule has 4 nitrogen and oxygen atoms in total. The first-order valence-corrected chi connectivity index (χ1v) is 6.62. The van der Waals surface area contributed by atoms with Crippen LogP contribution in [0.15, 0.2) is 24.3 Å². The molecule has 1 rings (SSSR count). The normalized spacial score (nSPS) is 10.9. The molecule has 20 heavy (non-hydrogen) atoms. The molecule has 0 aliphatic heterocycles. The van der Waals surface area contributed by atoms with E-state index in [1.807, 2.05) is 0 Å². The summed E-state index contributed by atoms with van der Waals surface area (Å²) in [4.78, 5) is 14.0. The van der Waals surface area contributed by atoms with Gasteiger partial charge in [0.25, 0.3) is 5.91 Å². The minimum Gasteiger partial charge on any atom is -0.435 e. The van der Waals surface area contributed by atoms with Crippen LogP contribution in [-0.4, -0.2) is 43.6 Å². The SMILES string of the molecule is CCN(CC)CCNC(=O)c1cccc(OC(F)F)c1. The van der Waals surface area contributed by atoms with E-state index in [0.717, 1.165) is 19.6 Å². The molecule has 1 aromatic rings. The highest BCUT2D eigenvalue weighted by Crippen LogP contribution is 2.15. The van der Waals surface area contributed by atoms with Crippen molar-refractivity contribution in [2.75, 3.05) is 26.2 Å². The summed E-state index contributed by atoms with van der Waals surface area (Å²) in [6.07, 6.45) is 0. The Hall–Kier alpha value is -1.69. The number of alkyl halides is 2. The zero-order valence-electron chi connectivity index (χ0n) is 11.7. The standard InChI is InChI=1S/C14H20F2N2O2/c1-3-18(4-2)9-8-17-13(19)11-6-5-7-12(10-11)20-14(15)16/h5-7,10,14H,3-4,8-9H2,1-2H3,(H,17,19). The number of carbonyl (C=O) groups is 1. The number of carbonyl (C=O) groups excluding carboxylic acids is 1. The van der Waals surface area contributed by atoms with Gasteiger partial charge in [-0.3, -0.25) is 4.79 Å². The first kappa shape index (κ1) is 16.4. The van der Waals surface area contributed by atoms with Gasteiger partial charge in [0, 0.05) is 18.7 Å². The largest absolute Gasteiger partial charge is 0.435 e. The van der Waals surface area contributed by atoms with E-state index in [2.05, 4.69) is 28.8 Å². The second-order valence-electron chi connectivity index (χ2n) is 4.19. The molecule has 0 fully saturated rings. The van der Waals surface area contributed by atoms with Gasteiger partial charge < -0.3 is 15.0 Å². The second kappa shape index (κ2) is 8.47. The molecular formula is C14H20F2N2O2. The highest BCUT2D eigenvalue weighted by atomic mass is 19.3. The van der Waals surface area contributed by atoms with E-state index in [4.69, 9.17) is 0 Å². The van der Waals surface area contributed by atoms with Gasteiger partial charge in [0.2, 0.25) is 0 Å². The minimum atomic E-state index is -2.89.